The van der Waals surface area contributed by atoms with Gasteiger partial charge in [-0.05, 0) is 44.9 Å². The number of esters is 1. The molecule has 0 fully saturated rings. The van der Waals surface area contributed by atoms with Crippen LogP contribution in [0.4, 0.5) is 5.82 Å². The van der Waals surface area contributed by atoms with E-state index in [4.69, 9.17) is 19.5 Å². The fourth-order valence-corrected chi connectivity index (χ4v) is 6.98. The van der Waals surface area contributed by atoms with Crippen molar-refractivity contribution >= 4 is 42.3 Å². The quantitative estimate of drug-likeness (QED) is 0.0644. The Morgan fingerprint density at radius 3 is 2.24 bits per heavy atom. The molecule has 12 nitrogen and oxygen atoms in total. The monoisotopic (exact) mass is 717 g/mol. The molecule has 4 N–H and O–H groups in total. The van der Waals surface area contributed by atoms with E-state index in [-0.39, 0.29) is 54.9 Å². The number of hydrogen-bond acceptors (Lipinski definition) is 11. The highest BCUT2D eigenvalue weighted by Gasteiger charge is 2.35. The molecular weight excluding hydrogens is 677 g/mol. The number of para-hydroxylation sites is 1. The maximum atomic E-state index is 14.4. The Kier molecular flexibility index (Phi) is 14.3. The lowest BCUT2D eigenvalue weighted by atomic mass is 10.1. The molecule has 0 aliphatic rings. The summed E-state index contributed by atoms with van der Waals surface area (Å²) in [6.07, 6.45) is 1.69. The summed E-state index contributed by atoms with van der Waals surface area (Å²) in [7, 11) is -4.27. The maximum Gasteiger partial charge on any atom is 0.459 e. The van der Waals surface area contributed by atoms with Crippen molar-refractivity contribution in [1.29, 1.82) is 0 Å². The van der Waals surface area contributed by atoms with Gasteiger partial charge in [-0.15, -0.1) is 0 Å². The summed E-state index contributed by atoms with van der Waals surface area (Å²) in [5.74, 6) is -0.0980. The van der Waals surface area contributed by atoms with Crippen molar-refractivity contribution in [3.8, 4) is 5.75 Å². The Hall–Kier alpha value is -4.81. The first-order valence-electron chi connectivity index (χ1n) is 15.9. The molecule has 3 aromatic carbocycles. The SMILES string of the molecule is CCOC(=O)[C@H](Cc1ccccc1)NP(=O)(OCC/C(SC(=O)c1ccccc1)=C(\C)C(=O)NCc1cnc(C)nc1N)Oc1ccccc1. The predicted molar refractivity (Wildman–Crippen MR) is 193 cm³/mol. The second-order valence-electron chi connectivity index (χ2n) is 10.9. The second-order valence-corrected chi connectivity index (χ2v) is 13.7. The molecule has 14 heteroatoms. The van der Waals surface area contributed by atoms with Crippen LogP contribution in [-0.2, 0) is 36.4 Å². The van der Waals surface area contributed by atoms with E-state index in [1.54, 1.807) is 81.4 Å². The number of benzene rings is 3. The van der Waals surface area contributed by atoms with Gasteiger partial charge in [0.05, 0.1) is 13.2 Å². The smallest absolute Gasteiger partial charge is 0.459 e. The third kappa shape index (κ3) is 11.7. The Bertz CT molecular complexity index is 1830. The first-order valence-corrected chi connectivity index (χ1v) is 18.2. The molecule has 1 heterocycles. The molecule has 0 aliphatic heterocycles. The summed E-state index contributed by atoms with van der Waals surface area (Å²) in [6.45, 7) is 4.90. The van der Waals surface area contributed by atoms with Crippen molar-refractivity contribution in [2.75, 3.05) is 18.9 Å². The minimum atomic E-state index is -4.27. The molecule has 50 heavy (non-hydrogen) atoms. The molecule has 0 saturated heterocycles. The van der Waals surface area contributed by atoms with Gasteiger partial charge in [0.1, 0.15) is 23.4 Å². The zero-order valence-corrected chi connectivity index (χ0v) is 29.7. The highest BCUT2D eigenvalue weighted by molar-refractivity contribution is 8.17. The van der Waals surface area contributed by atoms with Crippen molar-refractivity contribution < 1.29 is 32.7 Å². The Balaban J connectivity index is 1.58. The van der Waals surface area contributed by atoms with E-state index in [0.29, 0.717) is 21.9 Å². The van der Waals surface area contributed by atoms with Crippen LogP contribution in [0.3, 0.4) is 0 Å². The van der Waals surface area contributed by atoms with Crippen LogP contribution in [-0.4, -0.2) is 46.2 Å². The van der Waals surface area contributed by atoms with Gasteiger partial charge in [-0.25, -0.2) is 14.5 Å². The number of nitrogens with zero attached hydrogens (tertiary/aromatic N) is 2. The number of carbonyl (C=O) groups excluding carboxylic acids is 3. The zero-order chi connectivity index (χ0) is 35.9. The number of anilines is 1. The van der Waals surface area contributed by atoms with Crippen molar-refractivity contribution in [2.45, 2.75) is 46.2 Å². The molecule has 0 radical (unpaired) electrons. The third-order valence-corrected chi connectivity index (χ3v) is 9.95. The number of ether oxygens (including phenoxy) is 1. The summed E-state index contributed by atoms with van der Waals surface area (Å²) in [5, 5.41) is 5.30. The molecule has 0 bridgehead atoms. The first-order chi connectivity index (χ1) is 24.1. The van der Waals surface area contributed by atoms with Crippen LogP contribution < -0.4 is 20.7 Å². The fourth-order valence-electron chi connectivity index (χ4n) is 4.58. The van der Waals surface area contributed by atoms with Gasteiger partial charge >= 0.3 is 13.7 Å². The van der Waals surface area contributed by atoms with Gasteiger partial charge < -0.3 is 20.3 Å². The number of aryl methyl sites for hydroxylation is 1. The van der Waals surface area contributed by atoms with Crippen molar-refractivity contribution in [3.05, 3.63) is 130 Å². The first kappa shape index (κ1) is 38.0. The summed E-state index contributed by atoms with van der Waals surface area (Å²) < 4.78 is 31.5. The van der Waals surface area contributed by atoms with E-state index in [9.17, 15) is 18.9 Å². The molecule has 1 aromatic heterocycles. The molecule has 262 valence electrons. The fraction of sp³-hybridized carbons (Fsp3) is 0.250. The second kappa shape index (κ2) is 18.8. The van der Waals surface area contributed by atoms with Crippen molar-refractivity contribution in [2.24, 2.45) is 0 Å². The number of nitrogen functional groups attached to an aromatic ring is 1. The zero-order valence-electron chi connectivity index (χ0n) is 28.0. The standard InChI is InChI=1S/C36H40N5O7PS/c1-4-46-35(43)31(22-27-14-8-5-9-15-27)41-49(45,48-30-18-12-7-13-19-30)47-21-20-32(50-36(44)28-16-10-6-11-17-28)25(2)34(42)39-24-29-23-38-26(3)40-33(29)37/h5-19,23,31H,4,20-22,24H2,1-3H3,(H,39,42)(H,41,45)(H2,37,38,40)/b32-25-/t31-,49?/m0/s1. The van der Waals surface area contributed by atoms with Gasteiger partial charge in [-0.1, -0.05) is 90.6 Å². The van der Waals surface area contributed by atoms with E-state index in [1.165, 1.54) is 6.20 Å². The third-order valence-electron chi connectivity index (χ3n) is 7.17. The molecule has 1 amide bonds. The number of thioether (sulfide) groups is 1. The molecule has 0 saturated carbocycles. The van der Waals surface area contributed by atoms with Gasteiger partial charge in [0.2, 0.25) is 11.0 Å². The van der Waals surface area contributed by atoms with Crippen LogP contribution in [0.15, 0.2) is 108 Å². The Morgan fingerprint density at radius 2 is 1.60 bits per heavy atom. The van der Waals surface area contributed by atoms with Gasteiger partial charge in [0, 0.05) is 40.8 Å². The number of nitrogens with two attached hydrogens (primary N) is 1. The average Bonchev–Trinajstić information content (AvgIpc) is 3.11. The number of rotatable bonds is 17. The summed E-state index contributed by atoms with van der Waals surface area (Å²) in [5.41, 5.74) is 8.01. The number of nitrogens with one attached hydrogen (secondary N) is 2. The Labute approximate surface area is 295 Å². The van der Waals surface area contributed by atoms with Crippen LogP contribution in [0, 0.1) is 6.92 Å². The van der Waals surface area contributed by atoms with E-state index in [2.05, 4.69) is 20.4 Å². The van der Waals surface area contributed by atoms with Crippen LogP contribution in [0.2, 0.25) is 0 Å². The molecule has 1 unspecified atom stereocenters. The van der Waals surface area contributed by atoms with E-state index >= 15 is 0 Å². The molecule has 4 aromatic rings. The van der Waals surface area contributed by atoms with Gasteiger partial charge in [-0.2, -0.15) is 5.09 Å². The van der Waals surface area contributed by atoms with Crippen LogP contribution in [0.25, 0.3) is 0 Å². The number of carbonyl (C=O) groups is 3. The van der Waals surface area contributed by atoms with Crippen LogP contribution in [0.1, 0.15) is 47.6 Å². The summed E-state index contributed by atoms with van der Waals surface area (Å²) in [6, 6.07) is 25.1. The molecule has 0 aliphatic carbocycles. The molecular formula is C36H40N5O7PS. The summed E-state index contributed by atoms with van der Waals surface area (Å²) in [4.78, 5) is 48.3. The Morgan fingerprint density at radius 1 is 0.960 bits per heavy atom. The van der Waals surface area contributed by atoms with Crippen molar-refractivity contribution in [3.63, 3.8) is 0 Å². The lowest BCUT2D eigenvalue weighted by Gasteiger charge is -2.25. The van der Waals surface area contributed by atoms with Gasteiger partial charge in [0.25, 0.3) is 0 Å². The van der Waals surface area contributed by atoms with Crippen LogP contribution in [0.5, 0.6) is 5.75 Å². The van der Waals surface area contributed by atoms with Gasteiger partial charge in [0.15, 0.2) is 0 Å². The molecule has 0 spiro atoms. The number of hydrogen-bond donors (Lipinski definition) is 3. The van der Waals surface area contributed by atoms with E-state index < -0.39 is 25.7 Å². The highest BCUT2D eigenvalue weighted by Crippen LogP contribution is 2.46. The predicted octanol–water partition coefficient (Wildman–Crippen LogP) is 6.19. The number of amides is 1. The lowest BCUT2D eigenvalue weighted by Crippen LogP contribution is -2.39. The molecule has 2 atom stereocenters. The number of aromatic nitrogens is 2. The van der Waals surface area contributed by atoms with E-state index in [1.807, 2.05) is 30.3 Å². The minimum Gasteiger partial charge on any atom is -0.465 e. The van der Waals surface area contributed by atoms with Crippen molar-refractivity contribution in [1.82, 2.24) is 20.4 Å². The molecule has 4 rings (SSSR count). The lowest BCUT2D eigenvalue weighted by molar-refractivity contribution is -0.145. The normalized spacial score (nSPS) is 13.3. The van der Waals surface area contributed by atoms with Gasteiger partial charge in [-0.3, -0.25) is 18.9 Å². The average molecular weight is 718 g/mol. The van der Waals surface area contributed by atoms with E-state index in [0.717, 1.165) is 17.3 Å². The maximum absolute atomic E-state index is 14.4. The highest BCUT2D eigenvalue weighted by atomic mass is 32.2. The van der Waals surface area contributed by atoms with Crippen LogP contribution >= 0.6 is 19.5 Å². The minimum absolute atomic E-state index is 0.00481. The summed E-state index contributed by atoms with van der Waals surface area (Å²) >= 11 is 0.868. The topological polar surface area (TPSA) is 172 Å². The largest absolute Gasteiger partial charge is 0.465 e.